The number of unbranched alkanes of at least 4 members (excludes halogenated alkanes) is 7. The second-order valence-electron chi connectivity index (χ2n) is 8.93. The van der Waals surface area contributed by atoms with E-state index in [1.54, 1.807) is 0 Å². The van der Waals surface area contributed by atoms with Gasteiger partial charge in [-0.15, -0.1) is 0 Å². The maximum absolute atomic E-state index is 9.06. The molecule has 0 unspecified atom stereocenters. The topological polar surface area (TPSA) is 49.6 Å². The van der Waals surface area contributed by atoms with E-state index in [1.165, 1.54) is 68.9 Å². The van der Waals surface area contributed by atoms with Crippen molar-refractivity contribution >= 4 is 0 Å². The number of nitrogens with zero attached hydrogens (tertiary/aromatic N) is 3. The SMILES string of the molecule is CCCCCCCCCCc1ccc(-c2cnc(C3CCC(C#N)CC3)nc2)cc1. The van der Waals surface area contributed by atoms with Crippen LogP contribution in [0.3, 0.4) is 0 Å². The van der Waals surface area contributed by atoms with Crippen LogP contribution in [-0.4, -0.2) is 9.97 Å². The van der Waals surface area contributed by atoms with Crippen molar-refractivity contribution in [2.45, 2.75) is 96.3 Å². The van der Waals surface area contributed by atoms with Crippen LogP contribution in [-0.2, 0) is 6.42 Å². The van der Waals surface area contributed by atoms with Gasteiger partial charge in [0.2, 0.25) is 0 Å². The van der Waals surface area contributed by atoms with E-state index in [4.69, 9.17) is 5.26 Å². The maximum atomic E-state index is 9.06. The quantitative estimate of drug-likeness (QED) is 0.362. The van der Waals surface area contributed by atoms with Crippen LogP contribution in [0.1, 0.15) is 101 Å². The fraction of sp³-hybridized carbons (Fsp3) is 0.593. The Morgan fingerprint density at radius 2 is 1.40 bits per heavy atom. The average Bonchev–Trinajstić information content (AvgIpc) is 2.81. The average molecular weight is 404 g/mol. The third-order valence-electron chi connectivity index (χ3n) is 6.55. The largest absolute Gasteiger partial charge is 0.240 e. The van der Waals surface area contributed by atoms with Crippen molar-refractivity contribution in [3.8, 4) is 17.2 Å². The molecule has 1 saturated carbocycles. The van der Waals surface area contributed by atoms with Gasteiger partial charge in [0.1, 0.15) is 5.82 Å². The van der Waals surface area contributed by atoms with Crippen LogP contribution in [0.4, 0.5) is 0 Å². The van der Waals surface area contributed by atoms with Crippen LogP contribution < -0.4 is 0 Å². The van der Waals surface area contributed by atoms with Crippen LogP contribution in [0.2, 0.25) is 0 Å². The predicted molar refractivity (Wildman–Crippen MR) is 124 cm³/mol. The molecule has 1 fully saturated rings. The summed E-state index contributed by atoms with van der Waals surface area (Å²) in [5.41, 5.74) is 3.70. The maximum Gasteiger partial charge on any atom is 0.131 e. The van der Waals surface area contributed by atoms with Crippen molar-refractivity contribution in [2.75, 3.05) is 0 Å². The Bertz CT molecular complexity index is 765. The highest BCUT2D eigenvalue weighted by Gasteiger charge is 2.23. The first-order chi connectivity index (χ1) is 14.8. The van der Waals surface area contributed by atoms with E-state index in [0.29, 0.717) is 5.92 Å². The highest BCUT2D eigenvalue weighted by Crippen LogP contribution is 2.34. The molecule has 0 amide bonds. The lowest BCUT2D eigenvalue weighted by Gasteiger charge is -2.23. The zero-order valence-corrected chi connectivity index (χ0v) is 18.7. The van der Waals surface area contributed by atoms with E-state index in [2.05, 4.69) is 47.2 Å². The molecule has 3 heteroatoms. The molecule has 160 valence electrons. The van der Waals surface area contributed by atoms with Gasteiger partial charge < -0.3 is 0 Å². The van der Waals surface area contributed by atoms with Crippen molar-refractivity contribution in [1.29, 1.82) is 5.26 Å². The molecule has 3 nitrogen and oxygen atoms in total. The molecule has 0 radical (unpaired) electrons. The minimum Gasteiger partial charge on any atom is -0.240 e. The van der Waals surface area contributed by atoms with E-state index in [0.717, 1.165) is 37.1 Å². The molecule has 0 saturated heterocycles. The van der Waals surface area contributed by atoms with Crippen LogP contribution in [0, 0.1) is 17.2 Å². The molecule has 1 heterocycles. The summed E-state index contributed by atoms with van der Waals surface area (Å²) in [7, 11) is 0. The molecule has 0 aliphatic heterocycles. The first kappa shape index (κ1) is 22.5. The number of hydrogen-bond donors (Lipinski definition) is 0. The summed E-state index contributed by atoms with van der Waals surface area (Å²) in [6, 6.07) is 11.3. The first-order valence-corrected chi connectivity index (χ1v) is 12.1. The molecule has 1 aromatic carbocycles. The standard InChI is InChI=1S/C27H37N3/c1-2-3-4-5-6-7-8-9-10-22-11-15-24(16-12-22)26-20-29-27(30-21-26)25-17-13-23(19-28)14-18-25/h11-12,15-16,20-21,23,25H,2-10,13-14,17-18H2,1H3. The van der Waals surface area contributed by atoms with Gasteiger partial charge in [-0.3, -0.25) is 0 Å². The molecule has 1 aliphatic rings. The van der Waals surface area contributed by atoms with E-state index < -0.39 is 0 Å². The molecule has 0 N–H and O–H groups in total. The van der Waals surface area contributed by atoms with Gasteiger partial charge >= 0.3 is 0 Å². The Kier molecular flexibility index (Phi) is 9.35. The Morgan fingerprint density at radius 1 is 0.800 bits per heavy atom. The van der Waals surface area contributed by atoms with E-state index in [-0.39, 0.29) is 5.92 Å². The molecule has 2 aromatic rings. The molecule has 0 atom stereocenters. The number of rotatable bonds is 11. The number of benzene rings is 1. The molecular formula is C27H37N3. The second kappa shape index (κ2) is 12.5. The highest BCUT2D eigenvalue weighted by atomic mass is 14.9. The Morgan fingerprint density at radius 3 is 2.00 bits per heavy atom. The third-order valence-corrected chi connectivity index (χ3v) is 6.55. The van der Waals surface area contributed by atoms with Gasteiger partial charge in [0.15, 0.2) is 0 Å². The lowest BCUT2D eigenvalue weighted by molar-refractivity contribution is 0.372. The second-order valence-corrected chi connectivity index (χ2v) is 8.93. The number of aryl methyl sites for hydroxylation is 1. The van der Waals surface area contributed by atoms with Gasteiger partial charge in [-0.25, -0.2) is 9.97 Å². The van der Waals surface area contributed by atoms with Crippen molar-refractivity contribution < 1.29 is 0 Å². The van der Waals surface area contributed by atoms with E-state index in [1.807, 2.05) is 12.4 Å². The summed E-state index contributed by atoms with van der Waals surface area (Å²) >= 11 is 0. The van der Waals surface area contributed by atoms with Gasteiger partial charge in [0, 0.05) is 29.8 Å². The van der Waals surface area contributed by atoms with Gasteiger partial charge in [-0.2, -0.15) is 5.26 Å². The number of aromatic nitrogens is 2. The number of hydrogen-bond acceptors (Lipinski definition) is 3. The normalized spacial score (nSPS) is 18.8. The van der Waals surface area contributed by atoms with Gasteiger partial charge in [0.25, 0.3) is 0 Å². The van der Waals surface area contributed by atoms with Crippen LogP contribution >= 0.6 is 0 Å². The molecule has 1 aromatic heterocycles. The van der Waals surface area contributed by atoms with E-state index in [9.17, 15) is 0 Å². The van der Waals surface area contributed by atoms with Crippen molar-refractivity contribution in [2.24, 2.45) is 5.92 Å². The molecular weight excluding hydrogens is 366 g/mol. The predicted octanol–water partition coefficient (Wildman–Crippen LogP) is 7.62. The van der Waals surface area contributed by atoms with Gasteiger partial charge in [-0.1, -0.05) is 76.1 Å². The zero-order valence-electron chi connectivity index (χ0n) is 18.7. The summed E-state index contributed by atoms with van der Waals surface area (Å²) in [5.74, 6) is 1.59. The van der Waals surface area contributed by atoms with Crippen molar-refractivity contribution in [3.05, 3.63) is 48.0 Å². The molecule has 30 heavy (non-hydrogen) atoms. The minimum absolute atomic E-state index is 0.227. The minimum atomic E-state index is 0.227. The fourth-order valence-electron chi connectivity index (χ4n) is 4.51. The Balaban J connectivity index is 1.42. The smallest absolute Gasteiger partial charge is 0.131 e. The summed E-state index contributed by atoms with van der Waals surface area (Å²) in [6.07, 6.45) is 20.1. The Labute approximate surface area is 183 Å². The fourth-order valence-corrected chi connectivity index (χ4v) is 4.51. The first-order valence-electron chi connectivity index (χ1n) is 12.1. The zero-order chi connectivity index (χ0) is 21.0. The Hall–Kier alpha value is -2.21. The molecule has 1 aliphatic carbocycles. The van der Waals surface area contributed by atoms with E-state index >= 15 is 0 Å². The van der Waals surface area contributed by atoms with Crippen LogP contribution in [0.5, 0.6) is 0 Å². The summed E-state index contributed by atoms with van der Waals surface area (Å²) in [4.78, 5) is 9.31. The number of nitriles is 1. The lowest BCUT2D eigenvalue weighted by atomic mass is 9.82. The van der Waals surface area contributed by atoms with Crippen LogP contribution in [0.15, 0.2) is 36.7 Å². The van der Waals surface area contributed by atoms with Gasteiger partial charge in [-0.05, 0) is 49.7 Å². The monoisotopic (exact) mass is 403 g/mol. The summed E-state index contributed by atoms with van der Waals surface area (Å²) in [6.45, 7) is 2.28. The highest BCUT2D eigenvalue weighted by molar-refractivity contribution is 5.61. The lowest BCUT2D eigenvalue weighted by Crippen LogP contribution is -2.14. The summed E-state index contributed by atoms with van der Waals surface area (Å²) < 4.78 is 0. The summed E-state index contributed by atoms with van der Waals surface area (Å²) in [5, 5.41) is 9.06. The molecule has 0 bridgehead atoms. The third kappa shape index (κ3) is 6.94. The van der Waals surface area contributed by atoms with Gasteiger partial charge in [0.05, 0.1) is 6.07 Å². The van der Waals surface area contributed by atoms with Crippen molar-refractivity contribution in [3.63, 3.8) is 0 Å². The molecule has 0 spiro atoms. The van der Waals surface area contributed by atoms with Crippen molar-refractivity contribution in [1.82, 2.24) is 9.97 Å². The van der Waals surface area contributed by atoms with Crippen LogP contribution in [0.25, 0.3) is 11.1 Å². The molecule has 3 rings (SSSR count).